The Labute approximate surface area is 151 Å². The van der Waals surface area contributed by atoms with Crippen LogP contribution in [-0.4, -0.2) is 21.4 Å². The molecule has 26 heavy (non-hydrogen) atoms. The van der Waals surface area contributed by atoms with Gasteiger partial charge in [-0.05, 0) is 31.3 Å². The molecule has 2 unspecified atom stereocenters. The smallest absolute Gasteiger partial charge is 0.307 e. The van der Waals surface area contributed by atoms with Crippen LogP contribution in [0.15, 0.2) is 56.2 Å². The fraction of sp³-hybridized carbons (Fsp3) is 0.421. The number of rotatable bonds is 5. The average Bonchev–Trinajstić information content (AvgIpc) is 3.36. The van der Waals surface area contributed by atoms with E-state index >= 15 is 0 Å². The van der Waals surface area contributed by atoms with Gasteiger partial charge in [-0.15, -0.1) is 0 Å². The van der Waals surface area contributed by atoms with Crippen LogP contribution >= 0.6 is 0 Å². The van der Waals surface area contributed by atoms with Gasteiger partial charge in [0.2, 0.25) is 0 Å². The fourth-order valence-corrected chi connectivity index (χ4v) is 3.34. The van der Waals surface area contributed by atoms with E-state index in [9.17, 15) is 9.59 Å². The van der Waals surface area contributed by atoms with Gasteiger partial charge in [0, 0.05) is 38.0 Å². The Morgan fingerprint density at radius 2 is 2.15 bits per heavy atom. The number of nitrogens with zero attached hydrogens (tertiary/aromatic N) is 3. The molecule has 1 fully saturated rings. The zero-order chi connectivity index (χ0) is 18.3. The Kier molecular flexibility index (Phi) is 4.14. The third kappa shape index (κ3) is 3.16. The summed E-state index contributed by atoms with van der Waals surface area (Å²) in [7, 11) is 1.51. The van der Waals surface area contributed by atoms with Crippen LogP contribution in [0.2, 0.25) is 0 Å². The summed E-state index contributed by atoms with van der Waals surface area (Å²) in [5, 5.41) is 0. The topological polar surface area (TPSA) is 80.4 Å². The van der Waals surface area contributed by atoms with Crippen LogP contribution < -0.4 is 22.1 Å². The first kappa shape index (κ1) is 16.6. The summed E-state index contributed by atoms with van der Waals surface area (Å²) in [6.07, 6.45) is 12.4. The Bertz CT molecular complexity index is 959. The highest BCUT2D eigenvalue weighted by molar-refractivity contribution is 5.83. The highest BCUT2D eigenvalue weighted by Gasteiger charge is 2.27. The van der Waals surface area contributed by atoms with Gasteiger partial charge in [0.05, 0.1) is 6.04 Å². The van der Waals surface area contributed by atoms with Crippen molar-refractivity contribution in [2.45, 2.75) is 32.4 Å². The lowest BCUT2D eigenvalue weighted by atomic mass is 9.89. The largest absolute Gasteiger partial charge is 0.332 e. The number of fused-ring (bicyclic) bond motifs is 1. The molecule has 2 atom stereocenters. The van der Waals surface area contributed by atoms with Crippen molar-refractivity contribution in [1.82, 2.24) is 14.6 Å². The lowest BCUT2D eigenvalue weighted by Gasteiger charge is -2.18. The van der Waals surface area contributed by atoms with Gasteiger partial charge in [-0.1, -0.05) is 23.8 Å². The van der Waals surface area contributed by atoms with Crippen LogP contribution in [0.5, 0.6) is 0 Å². The van der Waals surface area contributed by atoms with Crippen molar-refractivity contribution >= 4 is 12.0 Å². The minimum atomic E-state index is -0.322. The molecule has 0 radical (unpaired) electrons. The molecule has 0 bridgehead atoms. The molecule has 0 saturated heterocycles. The van der Waals surface area contributed by atoms with Crippen LogP contribution in [0, 0.1) is 11.8 Å². The molecule has 7 heteroatoms. The second-order valence-electron chi connectivity index (χ2n) is 7.24. The zero-order valence-electron chi connectivity index (χ0n) is 15.0. The quantitative estimate of drug-likeness (QED) is 0.783. The molecule has 4 rings (SSSR count). The summed E-state index contributed by atoms with van der Waals surface area (Å²) in [5.74, 6) is 1.24. The van der Waals surface area contributed by atoms with E-state index in [1.54, 1.807) is 4.57 Å². The van der Waals surface area contributed by atoms with E-state index in [4.69, 9.17) is 0 Å². The number of aromatic nitrogens is 2. The number of allylic oxidation sites excluding steroid dienone is 2. The third-order valence-corrected chi connectivity index (χ3v) is 5.12. The molecule has 0 spiro atoms. The molecule has 1 aromatic heterocycles. The fourth-order valence-electron chi connectivity index (χ4n) is 3.34. The number of hydrogen-bond donors (Lipinski definition) is 2. The maximum atomic E-state index is 12.4. The first-order valence-corrected chi connectivity index (χ1v) is 8.95. The van der Waals surface area contributed by atoms with Crippen molar-refractivity contribution in [3.8, 4) is 0 Å². The first-order chi connectivity index (χ1) is 12.5. The van der Waals surface area contributed by atoms with E-state index in [1.807, 2.05) is 12.4 Å². The first-order valence-electron chi connectivity index (χ1n) is 8.95. The predicted molar refractivity (Wildman–Crippen MR) is 102 cm³/mol. The molecule has 7 nitrogen and oxygen atoms in total. The van der Waals surface area contributed by atoms with Gasteiger partial charge < -0.3 is 5.43 Å². The Morgan fingerprint density at radius 1 is 1.35 bits per heavy atom. The summed E-state index contributed by atoms with van der Waals surface area (Å²) < 4.78 is 2.77. The molecule has 2 heterocycles. The minimum Gasteiger partial charge on any atom is -0.307 e. The molecule has 0 aromatic carbocycles. The van der Waals surface area contributed by atoms with Crippen molar-refractivity contribution in [2.24, 2.45) is 23.9 Å². The molecule has 1 aliphatic heterocycles. The number of aliphatic imine (C=N–C) groups is 1. The van der Waals surface area contributed by atoms with Gasteiger partial charge in [0.15, 0.2) is 0 Å². The van der Waals surface area contributed by atoms with E-state index in [0.717, 1.165) is 23.0 Å². The van der Waals surface area contributed by atoms with Crippen molar-refractivity contribution in [2.75, 3.05) is 5.43 Å². The predicted octanol–water partition coefficient (Wildman–Crippen LogP) is 1.34. The van der Waals surface area contributed by atoms with Crippen molar-refractivity contribution < 1.29 is 0 Å². The Hall–Kier alpha value is -2.83. The lowest BCUT2D eigenvalue weighted by Crippen LogP contribution is -2.40. The summed E-state index contributed by atoms with van der Waals surface area (Å²) >= 11 is 0. The second kappa shape index (κ2) is 6.48. The van der Waals surface area contributed by atoms with Gasteiger partial charge in [0.1, 0.15) is 5.82 Å². The molecular formula is C19H23N5O2. The number of anilines is 1. The van der Waals surface area contributed by atoms with Crippen molar-refractivity contribution in [3.63, 3.8) is 0 Å². The number of nitrogens with one attached hydrogen (secondary N) is 2. The van der Waals surface area contributed by atoms with E-state index < -0.39 is 0 Å². The maximum absolute atomic E-state index is 12.4. The van der Waals surface area contributed by atoms with Gasteiger partial charge in [0.25, 0.3) is 5.56 Å². The highest BCUT2D eigenvalue weighted by atomic mass is 16.2. The monoisotopic (exact) mass is 353 g/mol. The van der Waals surface area contributed by atoms with Crippen LogP contribution in [0.4, 0.5) is 5.82 Å². The van der Waals surface area contributed by atoms with Crippen LogP contribution in [0.3, 0.4) is 0 Å². The summed E-state index contributed by atoms with van der Waals surface area (Å²) in [6, 6.07) is 1.61. The van der Waals surface area contributed by atoms with Gasteiger partial charge in [-0.25, -0.2) is 4.79 Å². The third-order valence-electron chi connectivity index (χ3n) is 5.12. The number of hydrazine groups is 1. The second-order valence-corrected chi connectivity index (χ2v) is 7.24. The standard InChI is InChI=1S/C19H23N5O2/c1-12-3-6-16-15(7-12)14(9-20-16)10-21-22-17-8-18(25)23(2)19(26)24(17)11-13-4-5-13/h3,6-10,13,15-16,21-22H,4-5,11H2,1-2H3. The van der Waals surface area contributed by atoms with Gasteiger partial charge in [-0.2, -0.15) is 0 Å². The van der Waals surface area contributed by atoms with E-state index in [2.05, 4.69) is 41.0 Å². The lowest BCUT2D eigenvalue weighted by molar-refractivity contribution is 0.562. The van der Waals surface area contributed by atoms with E-state index in [0.29, 0.717) is 18.3 Å². The summed E-state index contributed by atoms with van der Waals surface area (Å²) in [5.41, 5.74) is 7.72. The molecule has 1 saturated carbocycles. The minimum absolute atomic E-state index is 0.156. The molecular weight excluding hydrogens is 330 g/mol. The summed E-state index contributed by atoms with van der Waals surface area (Å²) in [6.45, 7) is 2.71. The Morgan fingerprint density at radius 3 is 2.92 bits per heavy atom. The molecule has 1 aromatic rings. The van der Waals surface area contributed by atoms with E-state index in [-0.39, 0.29) is 23.2 Å². The average molecular weight is 353 g/mol. The highest BCUT2D eigenvalue weighted by Crippen LogP contribution is 2.31. The van der Waals surface area contributed by atoms with Crippen molar-refractivity contribution in [3.05, 3.63) is 62.5 Å². The summed E-state index contributed by atoms with van der Waals surface area (Å²) in [4.78, 5) is 28.9. The van der Waals surface area contributed by atoms with Gasteiger partial charge in [-0.3, -0.25) is 24.3 Å². The molecule has 2 N–H and O–H groups in total. The van der Waals surface area contributed by atoms with E-state index in [1.165, 1.54) is 18.7 Å². The van der Waals surface area contributed by atoms with Crippen LogP contribution in [-0.2, 0) is 13.6 Å². The van der Waals surface area contributed by atoms with Crippen LogP contribution in [0.25, 0.3) is 0 Å². The molecule has 2 aliphatic carbocycles. The normalized spacial score (nSPS) is 25.3. The molecule has 3 aliphatic rings. The molecule has 136 valence electrons. The zero-order valence-corrected chi connectivity index (χ0v) is 15.0. The van der Waals surface area contributed by atoms with Crippen LogP contribution in [0.1, 0.15) is 19.8 Å². The Balaban J connectivity index is 1.53. The SMILES string of the molecule is CC1=CC2C(=CNNc3cc(=O)n(C)c(=O)n3CC3CC3)C=NC2C=C1. The van der Waals surface area contributed by atoms with Crippen molar-refractivity contribution in [1.29, 1.82) is 0 Å². The molecule has 0 amide bonds. The number of hydrogen-bond acceptors (Lipinski definition) is 5. The maximum Gasteiger partial charge on any atom is 0.332 e. The van der Waals surface area contributed by atoms with Gasteiger partial charge >= 0.3 is 5.69 Å².